The van der Waals surface area contributed by atoms with E-state index in [2.05, 4.69) is 38.2 Å². The number of aryl methyl sites for hydroxylation is 2. The first-order valence-corrected chi connectivity index (χ1v) is 7.81. The predicted octanol–water partition coefficient (Wildman–Crippen LogP) is 3.35. The molecule has 1 aromatic carbocycles. The monoisotopic (exact) mass is 335 g/mol. The molecule has 0 unspecified atom stereocenters. The molecule has 0 aliphatic heterocycles. The van der Waals surface area contributed by atoms with Gasteiger partial charge >= 0.3 is 0 Å². The summed E-state index contributed by atoms with van der Waals surface area (Å²) in [4.78, 5) is 4.49. The summed E-state index contributed by atoms with van der Waals surface area (Å²) in [5.41, 5.74) is 7.22. The Labute approximate surface area is 126 Å². The van der Waals surface area contributed by atoms with Crippen molar-refractivity contribution < 1.29 is 4.52 Å². The van der Waals surface area contributed by atoms with Crippen LogP contribution in [-0.4, -0.2) is 10.1 Å². The Morgan fingerprint density at radius 3 is 2.80 bits per heavy atom. The maximum atomic E-state index is 6.33. The van der Waals surface area contributed by atoms with E-state index >= 15 is 0 Å². The molecule has 5 heteroatoms. The number of nitrogens with zero attached hydrogens (tertiary/aromatic N) is 2. The van der Waals surface area contributed by atoms with E-state index in [1.807, 2.05) is 12.1 Å². The lowest BCUT2D eigenvalue weighted by Crippen LogP contribution is -2.34. The average molecular weight is 336 g/mol. The summed E-state index contributed by atoms with van der Waals surface area (Å²) in [6.45, 7) is 0. The minimum Gasteiger partial charge on any atom is -0.339 e. The van der Waals surface area contributed by atoms with Crippen molar-refractivity contribution in [1.82, 2.24) is 10.1 Å². The molecule has 0 radical (unpaired) electrons. The van der Waals surface area contributed by atoms with E-state index in [1.165, 1.54) is 5.56 Å². The molecule has 0 atom stereocenters. The lowest BCUT2D eigenvalue weighted by atomic mass is 9.99. The van der Waals surface area contributed by atoms with Gasteiger partial charge in [-0.15, -0.1) is 0 Å². The van der Waals surface area contributed by atoms with Gasteiger partial charge in [0.1, 0.15) is 0 Å². The quantitative estimate of drug-likeness (QED) is 0.930. The highest BCUT2D eigenvalue weighted by molar-refractivity contribution is 9.10. The molecule has 2 aromatic rings. The summed E-state index contributed by atoms with van der Waals surface area (Å²) >= 11 is 3.48. The molecule has 4 nitrogen and oxygen atoms in total. The Bertz CT molecular complexity index is 590. The number of hydrogen-bond acceptors (Lipinski definition) is 4. The van der Waals surface area contributed by atoms with Crippen LogP contribution in [0.4, 0.5) is 0 Å². The largest absolute Gasteiger partial charge is 0.339 e. The lowest BCUT2D eigenvalue weighted by molar-refractivity contribution is 0.348. The van der Waals surface area contributed by atoms with Gasteiger partial charge in [-0.2, -0.15) is 4.98 Å². The zero-order valence-corrected chi connectivity index (χ0v) is 12.9. The zero-order valence-electron chi connectivity index (χ0n) is 11.3. The van der Waals surface area contributed by atoms with E-state index in [9.17, 15) is 0 Å². The van der Waals surface area contributed by atoms with E-state index in [4.69, 9.17) is 10.3 Å². The fourth-order valence-electron chi connectivity index (χ4n) is 2.73. The topological polar surface area (TPSA) is 64.9 Å². The third-order valence-electron chi connectivity index (χ3n) is 3.93. The lowest BCUT2D eigenvalue weighted by Gasteiger charge is -2.17. The van der Waals surface area contributed by atoms with Gasteiger partial charge in [-0.25, -0.2) is 0 Å². The first kappa shape index (κ1) is 13.8. The van der Waals surface area contributed by atoms with Crippen LogP contribution in [-0.2, 0) is 18.4 Å². The van der Waals surface area contributed by atoms with E-state index in [-0.39, 0.29) is 5.54 Å². The first-order valence-electron chi connectivity index (χ1n) is 7.02. The number of hydrogen-bond donors (Lipinski definition) is 1. The van der Waals surface area contributed by atoms with Gasteiger partial charge < -0.3 is 10.3 Å². The van der Waals surface area contributed by atoms with Gasteiger partial charge in [0.25, 0.3) is 0 Å². The molecule has 20 heavy (non-hydrogen) atoms. The standard InChI is InChI=1S/C15H18BrN3O/c16-12-5-3-4-11(10-12)6-7-13-18-14(19-20-13)15(17)8-1-2-9-15/h3-5,10H,1-2,6-9,17H2. The average Bonchev–Trinajstić information content (AvgIpc) is 3.06. The van der Waals surface area contributed by atoms with Crippen LogP contribution >= 0.6 is 15.9 Å². The molecule has 0 amide bonds. The van der Waals surface area contributed by atoms with Crippen LogP contribution in [0.1, 0.15) is 43.0 Å². The fourth-order valence-corrected chi connectivity index (χ4v) is 3.18. The Kier molecular flexibility index (Phi) is 3.89. The third kappa shape index (κ3) is 2.94. The normalized spacial score (nSPS) is 17.5. The van der Waals surface area contributed by atoms with Crippen LogP contribution in [0, 0.1) is 0 Å². The molecule has 1 fully saturated rings. The molecular formula is C15H18BrN3O. The molecule has 1 heterocycles. The maximum Gasteiger partial charge on any atom is 0.227 e. The number of aromatic nitrogens is 2. The highest BCUT2D eigenvalue weighted by atomic mass is 79.9. The van der Waals surface area contributed by atoms with Crippen LogP contribution in [0.25, 0.3) is 0 Å². The Morgan fingerprint density at radius 1 is 1.25 bits per heavy atom. The molecule has 0 bridgehead atoms. The SMILES string of the molecule is NC1(c2noc(CCc3cccc(Br)c3)n2)CCCC1. The Balaban J connectivity index is 1.65. The van der Waals surface area contributed by atoms with Crippen molar-refractivity contribution in [1.29, 1.82) is 0 Å². The maximum absolute atomic E-state index is 6.33. The highest BCUT2D eigenvalue weighted by Crippen LogP contribution is 2.34. The Hall–Kier alpha value is -1.20. The molecule has 0 saturated heterocycles. The van der Waals surface area contributed by atoms with Gasteiger partial charge in [0.15, 0.2) is 5.82 Å². The van der Waals surface area contributed by atoms with Gasteiger partial charge in [-0.05, 0) is 37.0 Å². The molecule has 106 valence electrons. The first-order chi connectivity index (χ1) is 9.66. The fraction of sp³-hybridized carbons (Fsp3) is 0.467. The van der Waals surface area contributed by atoms with Crippen molar-refractivity contribution in [2.75, 3.05) is 0 Å². The summed E-state index contributed by atoms with van der Waals surface area (Å²) in [6.07, 6.45) is 5.85. The molecule has 3 rings (SSSR count). The number of rotatable bonds is 4. The van der Waals surface area contributed by atoms with Crippen LogP contribution < -0.4 is 5.73 Å². The molecule has 0 spiro atoms. The van der Waals surface area contributed by atoms with E-state index in [0.29, 0.717) is 11.7 Å². The number of benzene rings is 1. The summed E-state index contributed by atoms with van der Waals surface area (Å²) in [6, 6.07) is 8.26. The van der Waals surface area contributed by atoms with Crippen LogP contribution in [0.15, 0.2) is 33.3 Å². The van der Waals surface area contributed by atoms with Crippen molar-refractivity contribution in [3.63, 3.8) is 0 Å². The van der Waals surface area contributed by atoms with Gasteiger partial charge in [0.05, 0.1) is 5.54 Å². The second kappa shape index (κ2) is 5.66. The van der Waals surface area contributed by atoms with Gasteiger partial charge in [0.2, 0.25) is 5.89 Å². The predicted molar refractivity (Wildman–Crippen MR) is 80.2 cm³/mol. The second-order valence-corrected chi connectivity index (χ2v) is 6.42. The minimum absolute atomic E-state index is 0.364. The third-order valence-corrected chi connectivity index (χ3v) is 4.42. The van der Waals surface area contributed by atoms with Crippen molar-refractivity contribution in [2.45, 2.75) is 44.1 Å². The van der Waals surface area contributed by atoms with Crippen LogP contribution in [0.5, 0.6) is 0 Å². The smallest absolute Gasteiger partial charge is 0.227 e. The van der Waals surface area contributed by atoms with E-state index in [1.54, 1.807) is 0 Å². The molecule has 1 aromatic heterocycles. The van der Waals surface area contributed by atoms with Crippen molar-refractivity contribution >= 4 is 15.9 Å². The molecular weight excluding hydrogens is 318 g/mol. The van der Waals surface area contributed by atoms with Gasteiger partial charge in [0, 0.05) is 10.9 Å². The summed E-state index contributed by atoms with van der Waals surface area (Å²) in [7, 11) is 0. The van der Waals surface area contributed by atoms with Gasteiger partial charge in [-0.3, -0.25) is 0 Å². The van der Waals surface area contributed by atoms with Crippen LogP contribution in [0.2, 0.25) is 0 Å². The van der Waals surface area contributed by atoms with Crippen molar-refractivity contribution in [2.24, 2.45) is 5.73 Å². The molecule has 1 aliphatic rings. The zero-order chi connectivity index (χ0) is 14.0. The van der Waals surface area contributed by atoms with Crippen LogP contribution in [0.3, 0.4) is 0 Å². The number of nitrogens with two attached hydrogens (primary N) is 1. The second-order valence-electron chi connectivity index (χ2n) is 5.50. The minimum atomic E-state index is -0.364. The van der Waals surface area contributed by atoms with E-state index < -0.39 is 0 Å². The van der Waals surface area contributed by atoms with E-state index in [0.717, 1.165) is 43.0 Å². The van der Waals surface area contributed by atoms with Crippen molar-refractivity contribution in [3.05, 3.63) is 46.0 Å². The van der Waals surface area contributed by atoms with Crippen molar-refractivity contribution in [3.8, 4) is 0 Å². The molecule has 1 saturated carbocycles. The summed E-state index contributed by atoms with van der Waals surface area (Å²) in [5.74, 6) is 1.36. The number of halogens is 1. The Morgan fingerprint density at radius 2 is 2.05 bits per heavy atom. The highest BCUT2D eigenvalue weighted by Gasteiger charge is 2.35. The molecule has 1 aliphatic carbocycles. The molecule has 2 N–H and O–H groups in total. The summed E-state index contributed by atoms with van der Waals surface area (Å²) in [5, 5.41) is 4.08. The van der Waals surface area contributed by atoms with Gasteiger partial charge in [-0.1, -0.05) is 46.1 Å². The summed E-state index contributed by atoms with van der Waals surface area (Å²) < 4.78 is 6.43.